The van der Waals surface area contributed by atoms with Crippen LogP contribution in [0.5, 0.6) is 0 Å². The summed E-state index contributed by atoms with van der Waals surface area (Å²) in [6, 6.07) is 0. The Morgan fingerprint density at radius 1 is 1.50 bits per heavy atom. The number of rotatable bonds is 4. The van der Waals surface area contributed by atoms with E-state index in [9.17, 15) is 4.79 Å². The second-order valence-electron chi connectivity index (χ2n) is 4.25. The molecule has 1 aliphatic rings. The summed E-state index contributed by atoms with van der Waals surface area (Å²) in [7, 11) is 1.62. The van der Waals surface area contributed by atoms with E-state index in [1.807, 2.05) is 13.8 Å². The molecule has 0 bridgehead atoms. The van der Waals surface area contributed by atoms with Crippen molar-refractivity contribution in [2.24, 2.45) is 5.92 Å². The van der Waals surface area contributed by atoms with Crippen LogP contribution in [0.25, 0.3) is 0 Å². The molecule has 0 radical (unpaired) electrons. The van der Waals surface area contributed by atoms with Gasteiger partial charge in [0, 0.05) is 19.6 Å². The summed E-state index contributed by atoms with van der Waals surface area (Å²) >= 11 is 0. The first-order chi connectivity index (χ1) is 6.62. The van der Waals surface area contributed by atoms with Gasteiger partial charge in [-0.3, -0.25) is 4.79 Å². The SMILES string of the molecule is COCC1(C(=O)C(C)C)CCCCO1. The standard InChI is InChI=1S/C11H20O3/c1-9(2)10(12)11(8-13-3)6-4-5-7-14-11/h9H,4-8H2,1-3H3. The molecule has 3 heteroatoms. The van der Waals surface area contributed by atoms with Gasteiger partial charge in [0.25, 0.3) is 0 Å². The van der Waals surface area contributed by atoms with Gasteiger partial charge in [-0.25, -0.2) is 0 Å². The van der Waals surface area contributed by atoms with Crippen LogP contribution in [0.2, 0.25) is 0 Å². The van der Waals surface area contributed by atoms with E-state index in [0.717, 1.165) is 19.3 Å². The molecule has 0 amide bonds. The number of carbonyl (C=O) groups excluding carboxylic acids is 1. The van der Waals surface area contributed by atoms with Gasteiger partial charge in [0.05, 0.1) is 6.61 Å². The number of ether oxygens (including phenoxy) is 2. The van der Waals surface area contributed by atoms with Gasteiger partial charge in [0.1, 0.15) is 5.60 Å². The zero-order valence-electron chi connectivity index (χ0n) is 9.34. The fourth-order valence-electron chi connectivity index (χ4n) is 1.99. The van der Waals surface area contributed by atoms with Gasteiger partial charge in [-0.15, -0.1) is 0 Å². The molecule has 0 aliphatic carbocycles. The van der Waals surface area contributed by atoms with Crippen LogP contribution in [0.4, 0.5) is 0 Å². The number of hydrogen-bond acceptors (Lipinski definition) is 3. The summed E-state index contributed by atoms with van der Waals surface area (Å²) in [5.74, 6) is 0.197. The Morgan fingerprint density at radius 2 is 2.21 bits per heavy atom. The van der Waals surface area contributed by atoms with Gasteiger partial charge in [0.2, 0.25) is 0 Å². The van der Waals surface area contributed by atoms with E-state index >= 15 is 0 Å². The van der Waals surface area contributed by atoms with E-state index in [4.69, 9.17) is 9.47 Å². The smallest absolute Gasteiger partial charge is 0.169 e. The van der Waals surface area contributed by atoms with Crippen LogP contribution in [0.15, 0.2) is 0 Å². The van der Waals surface area contributed by atoms with E-state index in [2.05, 4.69) is 0 Å². The van der Waals surface area contributed by atoms with Crippen LogP contribution < -0.4 is 0 Å². The second-order valence-corrected chi connectivity index (χ2v) is 4.25. The first-order valence-electron chi connectivity index (χ1n) is 5.29. The highest BCUT2D eigenvalue weighted by Gasteiger charge is 2.41. The molecule has 14 heavy (non-hydrogen) atoms. The normalized spacial score (nSPS) is 28.0. The minimum atomic E-state index is -0.652. The fraction of sp³-hybridized carbons (Fsp3) is 0.909. The summed E-state index contributed by atoms with van der Waals surface area (Å²) in [6.07, 6.45) is 2.91. The highest BCUT2D eigenvalue weighted by atomic mass is 16.5. The summed E-state index contributed by atoms with van der Waals surface area (Å²) in [5.41, 5.74) is -0.652. The van der Waals surface area contributed by atoms with Gasteiger partial charge >= 0.3 is 0 Å². The molecule has 1 fully saturated rings. The molecule has 1 atom stereocenters. The molecule has 0 saturated carbocycles. The Balaban J connectivity index is 2.74. The predicted molar refractivity (Wildman–Crippen MR) is 54.3 cm³/mol. The van der Waals surface area contributed by atoms with E-state index in [0.29, 0.717) is 13.2 Å². The first-order valence-corrected chi connectivity index (χ1v) is 5.29. The van der Waals surface area contributed by atoms with Crippen molar-refractivity contribution in [2.75, 3.05) is 20.3 Å². The van der Waals surface area contributed by atoms with Gasteiger partial charge in [-0.1, -0.05) is 13.8 Å². The predicted octanol–water partition coefficient (Wildman–Crippen LogP) is 1.80. The molecule has 0 aromatic rings. The van der Waals surface area contributed by atoms with Crippen molar-refractivity contribution >= 4 is 5.78 Å². The van der Waals surface area contributed by atoms with Crippen molar-refractivity contribution in [1.29, 1.82) is 0 Å². The maximum Gasteiger partial charge on any atom is 0.169 e. The average Bonchev–Trinajstić information content (AvgIpc) is 2.18. The molecule has 0 aromatic heterocycles. The monoisotopic (exact) mass is 200 g/mol. The molecular weight excluding hydrogens is 180 g/mol. The third-order valence-electron chi connectivity index (χ3n) is 2.70. The molecule has 1 aliphatic heterocycles. The molecule has 0 spiro atoms. The van der Waals surface area contributed by atoms with Gasteiger partial charge in [-0.2, -0.15) is 0 Å². The molecule has 0 aromatic carbocycles. The third kappa shape index (κ3) is 2.34. The summed E-state index contributed by atoms with van der Waals surface area (Å²) in [6.45, 7) is 4.90. The number of carbonyl (C=O) groups is 1. The molecule has 1 unspecified atom stereocenters. The lowest BCUT2D eigenvalue weighted by atomic mass is 9.85. The van der Waals surface area contributed by atoms with E-state index in [1.54, 1.807) is 7.11 Å². The minimum Gasteiger partial charge on any atom is -0.381 e. The molecule has 82 valence electrons. The topological polar surface area (TPSA) is 35.5 Å². The van der Waals surface area contributed by atoms with Crippen LogP contribution in [-0.4, -0.2) is 31.7 Å². The fourth-order valence-corrected chi connectivity index (χ4v) is 1.99. The van der Waals surface area contributed by atoms with E-state index in [1.165, 1.54) is 0 Å². The Bertz CT molecular complexity index is 187. The van der Waals surface area contributed by atoms with Crippen LogP contribution in [0.3, 0.4) is 0 Å². The summed E-state index contributed by atoms with van der Waals surface area (Å²) in [4.78, 5) is 12.0. The Labute approximate surface area is 85.8 Å². The lowest BCUT2D eigenvalue weighted by Crippen LogP contribution is -2.50. The minimum absolute atomic E-state index is 0.0169. The van der Waals surface area contributed by atoms with Gasteiger partial charge < -0.3 is 9.47 Å². The Kier molecular flexibility index (Phi) is 4.08. The number of methoxy groups -OCH3 is 1. The maximum absolute atomic E-state index is 12.0. The summed E-state index contributed by atoms with van der Waals surface area (Å²) < 4.78 is 10.8. The maximum atomic E-state index is 12.0. The van der Waals surface area contributed by atoms with Crippen LogP contribution >= 0.6 is 0 Å². The van der Waals surface area contributed by atoms with Gasteiger partial charge in [0.15, 0.2) is 5.78 Å². The number of Topliss-reactive ketones (excluding diaryl/α,β-unsaturated/α-hetero) is 1. The van der Waals surface area contributed by atoms with Crippen molar-refractivity contribution in [1.82, 2.24) is 0 Å². The van der Waals surface area contributed by atoms with Crippen molar-refractivity contribution in [2.45, 2.75) is 38.7 Å². The van der Waals surface area contributed by atoms with Crippen LogP contribution in [0, 0.1) is 5.92 Å². The highest BCUT2D eigenvalue weighted by molar-refractivity contribution is 5.89. The first kappa shape index (κ1) is 11.7. The molecule has 0 N–H and O–H groups in total. The molecule has 1 saturated heterocycles. The zero-order valence-corrected chi connectivity index (χ0v) is 9.34. The van der Waals surface area contributed by atoms with Crippen molar-refractivity contribution in [3.63, 3.8) is 0 Å². The number of hydrogen-bond donors (Lipinski definition) is 0. The van der Waals surface area contributed by atoms with E-state index in [-0.39, 0.29) is 11.7 Å². The number of ketones is 1. The van der Waals surface area contributed by atoms with Crippen LogP contribution in [-0.2, 0) is 14.3 Å². The third-order valence-corrected chi connectivity index (χ3v) is 2.70. The molecule has 3 nitrogen and oxygen atoms in total. The largest absolute Gasteiger partial charge is 0.381 e. The lowest BCUT2D eigenvalue weighted by Gasteiger charge is -2.36. The average molecular weight is 200 g/mol. The Morgan fingerprint density at radius 3 is 2.64 bits per heavy atom. The molecular formula is C11H20O3. The zero-order chi connectivity index (χ0) is 10.6. The second kappa shape index (κ2) is 4.89. The molecule has 1 rings (SSSR count). The lowest BCUT2D eigenvalue weighted by molar-refractivity contribution is -0.163. The quantitative estimate of drug-likeness (QED) is 0.694. The van der Waals surface area contributed by atoms with Crippen LogP contribution in [0.1, 0.15) is 33.1 Å². The van der Waals surface area contributed by atoms with Crippen molar-refractivity contribution in [3.8, 4) is 0 Å². The van der Waals surface area contributed by atoms with Crippen molar-refractivity contribution in [3.05, 3.63) is 0 Å². The van der Waals surface area contributed by atoms with Crippen molar-refractivity contribution < 1.29 is 14.3 Å². The van der Waals surface area contributed by atoms with Gasteiger partial charge in [-0.05, 0) is 19.3 Å². The Hall–Kier alpha value is -0.410. The summed E-state index contributed by atoms with van der Waals surface area (Å²) in [5, 5.41) is 0. The molecule has 1 heterocycles. The highest BCUT2D eigenvalue weighted by Crippen LogP contribution is 2.28. The van der Waals surface area contributed by atoms with E-state index < -0.39 is 5.60 Å².